The van der Waals surface area contributed by atoms with Crippen molar-refractivity contribution in [1.82, 2.24) is 0 Å². The van der Waals surface area contributed by atoms with E-state index < -0.39 is 0 Å². The second kappa shape index (κ2) is 5.78. The molecule has 16 heavy (non-hydrogen) atoms. The zero-order chi connectivity index (χ0) is 12.1. The standard InChI is InChI=1S/C14H24N2/c1-6-11(2)10-15-13-8-7-12(3)14(9-13)16(4)5/h7-9,11,15H,6,10H2,1-5H3. The van der Waals surface area contributed by atoms with E-state index in [2.05, 4.69) is 63.3 Å². The third-order valence-electron chi connectivity index (χ3n) is 3.04. The van der Waals surface area contributed by atoms with Crippen LogP contribution >= 0.6 is 0 Å². The van der Waals surface area contributed by atoms with Gasteiger partial charge in [0.1, 0.15) is 0 Å². The molecule has 90 valence electrons. The smallest absolute Gasteiger partial charge is 0.0411 e. The predicted octanol–water partition coefficient (Wildman–Crippen LogP) is 3.52. The highest BCUT2D eigenvalue weighted by Crippen LogP contribution is 2.22. The van der Waals surface area contributed by atoms with Crippen molar-refractivity contribution in [3.05, 3.63) is 23.8 Å². The van der Waals surface area contributed by atoms with E-state index in [1.54, 1.807) is 0 Å². The molecule has 2 heteroatoms. The fraction of sp³-hybridized carbons (Fsp3) is 0.571. The van der Waals surface area contributed by atoms with Crippen LogP contribution in [0, 0.1) is 12.8 Å². The lowest BCUT2D eigenvalue weighted by molar-refractivity contribution is 0.593. The Morgan fingerprint density at radius 2 is 2.00 bits per heavy atom. The summed E-state index contributed by atoms with van der Waals surface area (Å²) in [6.45, 7) is 7.70. The van der Waals surface area contributed by atoms with Gasteiger partial charge in [-0.25, -0.2) is 0 Å². The average Bonchev–Trinajstić information content (AvgIpc) is 2.27. The topological polar surface area (TPSA) is 15.3 Å². The van der Waals surface area contributed by atoms with Gasteiger partial charge in [-0.05, 0) is 30.5 Å². The molecule has 1 aromatic carbocycles. The van der Waals surface area contributed by atoms with E-state index in [1.807, 2.05) is 0 Å². The maximum absolute atomic E-state index is 3.49. The molecule has 2 nitrogen and oxygen atoms in total. The first-order chi connectivity index (χ1) is 7.54. The van der Waals surface area contributed by atoms with Gasteiger partial charge in [-0.2, -0.15) is 0 Å². The molecule has 0 aliphatic rings. The number of nitrogens with zero attached hydrogens (tertiary/aromatic N) is 1. The number of anilines is 2. The van der Waals surface area contributed by atoms with Crippen LogP contribution in [0.2, 0.25) is 0 Å². The molecule has 0 aromatic heterocycles. The van der Waals surface area contributed by atoms with Gasteiger partial charge in [0.05, 0.1) is 0 Å². The quantitative estimate of drug-likeness (QED) is 0.816. The van der Waals surface area contributed by atoms with Crippen LogP contribution in [-0.2, 0) is 0 Å². The van der Waals surface area contributed by atoms with Gasteiger partial charge in [0.15, 0.2) is 0 Å². The lowest BCUT2D eigenvalue weighted by Crippen LogP contribution is -2.13. The van der Waals surface area contributed by atoms with Crippen molar-refractivity contribution in [2.24, 2.45) is 5.92 Å². The molecule has 1 atom stereocenters. The number of hydrogen-bond acceptors (Lipinski definition) is 2. The Hall–Kier alpha value is -1.18. The molecule has 0 aliphatic carbocycles. The second-order valence-corrected chi connectivity index (χ2v) is 4.79. The highest BCUT2D eigenvalue weighted by Gasteiger charge is 2.03. The number of benzene rings is 1. The molecule has 1 rings (SSSR count). The first-order valence-electron chi connectivity index (χ1n) is 6.06. The Morgan fingerprint density at radius 1 is 1.31 bits per heavy atom. The van der Waals surface area contributed by atoms with E-state index >= 15 is 0 Å². The Bertz CT molecular complexity index is 332. The van der Waals surface area contributed by atoms with E-state index in [0.717, 1.165) is 12.5 Å². The largest absolute Gasteiger partial charge is 0.385 e. The summed E-state index contributed by atoms with van der Waals surface area (Å²) in [5.41, 5.74) is 3.82. The monoisotopic (exact) mass is 220 g/mol. The Labute approximate surface area is 99.7 Å². The number of hydrogen-bond donors (Lipinski definition) is 1. The molecule has 0 fully saturated rings. The van der Waals surface area contributed by atoms with Crippen LogP contribution in [0.1, 0.15) is 25.8 Å². The third-order valence-corrected chi connectivity index (χ3v) is 3.04. The van der Waals surface area contributed by atoms with Crippen molar-refractivity contribution >= 4 is 11.4 Å². The second-order valence-electron chi connectivity index (χ2n) is 4.79. The van der Waals surface area contributed by atoms with Crippen LogP contribution in [-0.4, -0.2) is 20.6 Å². The molecule has 0 saturated heterocycles. The lowest BCUT2D eigenvalue weighted by atomic mass is 10.1. The van der Waals surface area contributed by atoms with Crippen LogP contribution in [0.15, 0.2) is 18.2 Å². The van der Waals surface area contributed by atoms with Crippen molar-refractivity contribution in [3.63, 3.8) is 0 Å². The van der Waals surface area contributed by atoms with E-state index in [4.69, 9.17) is 0 Å². The molecule has 0 saturated carbocycles. The normalized spacial score (nSPS) is 12.3. The molecule has 1 aromatic rings. The fourth-order valence-electron chi connectivity index (χ4n) is 1.64. The van der Waals surface area contributed by atoms with Gasteiger partial charge in [0.2, 0.25) is 0 Å². The van der Waals surface area contributed by atoms with Crippen molar-refractivity contribution in [2.75, 3.05) is 30.9 Å². The summed E-state index contributed by atoms with van der Waals surface area (Å²) in [6.07, 6.45) is 1.22. The zero-order valence-corrected chi connectivity index (χ0v) is 11.2. The van der Waals surface area contributed by atoms with Crippen molar-refractivity contribution < 1.29 is 0 Å². The van der Waals surface area contributed by atoms with Crippen molar-refractivity contribution in [3.8, 4) is 0 Å². The zero-order valence-electron chi connectivity index (χ0n) is 11.2. The maximum Gasteiger partial charge on any atom is 0.0411 e. The predicted molar refractivity (Wildman–Crippen MR) is 73.5 cm³/mol. The summed E-state index contributed by atoms with van der Waals surface area (Å²) in [5.74, 6) is 0.726. The van der Waals surface area contributed by atoms with Crippen LogP contribution in [0.25, 0.3) is 0 Å². The Morgan fingerprint density at radius 3 is 2.56 bits per heavy atom. The highest BCUT2D eigenvalue weighted by atomic mass is 15.1. The van der Waals surface area contributed by atoms with Gasteiger partial charge >= 0.3 is 0 Å². The first kappa shape index (κ1) is 12.9. The Kier molecular flexibility index (Phi) is 4.66. The molecule has 1 N–H and O–H groups in total. The van der Waals surface area contributed by atoms with Crippen LogP contribution < -0.4 is 10.2 Å². The SMILES string of the molecule is CCC(C)CNc1ccc(C)c(N(C)C)c1. The summed E-state index contributed by atoms with van der Waals surface area (Å²) in [7, 11) is 4.17. The maximum atomic E-state index is 3.49. The molecule has 0 heterocycles. The molecule has 1 unspecified atom stereocenters. The molecule has 0 spiro atoms. The minimum absolute atomic E-state index is 0.726. The van der Waals surface area contributed by atoms with E-state index in [1.165, 1.54) is 23.4 Å². The van der Waals surface area contributed by atoms with Gasteiger partial charge in [-0.1, -0.05) is 26.3 Å². The molecule has 0 radical (unpaired) electrons. The van der Waals surface area contributed by atoms with Crippen LogP contribution in [0.4, 0.5) is 11.4 Å². The third kappa shape index (κ3) is 3.44. The van der Waals surface area contributed by atoms with Crippen molar-refractivity contribution in [1.29, 1.82) is 0 Å². The summed E-state index contributed by atoms with van der Waals surface area (Å²) < 4.78 is 0. The van der Waals surface area contributed by atoms with Gasteiger partial charge in [-0.3, -0.25) is 0 Å². The van der Waals surface area contributed by atoms with Gasteiger partial charge in [0.25, 0.3) is 0 Å². The van der Waals surface area contributed by atoms with Gasteiger partial charge in [-0.15, -0.1) is 0 Å². The molecule has 0 aliphatic heterocycles. The molecule has 0 bridgehead atoms. The number of nitrogens with one attached hydrogen (secondary N) is 1. The lowest BCUT2D eigenvalue weighted by Gasteiger charge is -2.18. The number of rotatable bonds is 5. The van der Waals surface area contributed by atoms with E-state index in [-0.39, 0.29) is 0 Å². The minimum atomic E-state index is 0.726. The van der Waals surface area contributed by atoms with Crippen LogP contribution in [0.5, 0.6) is 0 Å². The molecule has 0 amide bonds. The average molecular weight is 220 g/mol. The Balaban J connectivity index is 2.71. The summed E-state index contributed by atoms with van der Waals surface area (Å²) in [5, 5.41) is 3.49. The van der Waals surface area contributed by atoms with Gasteiger partial charge in [0, 0.05) is 32.0 Å². The van der Waals surface area contributed by atoms with E-state index in [9.17, 15) is 0 Å². The summed E-state index contributed by atoms with van der Waals surface area (Å²) in [6, 6.07) is 6.55. The fourth-order valence-corrected chi connectivity index (χ4v) is 1.64. The first-order valence-corrected chi connectivity index (χ1v) is 6.06. The minimum Gasteiger partial charge on any atom is -0.385 e. The number of aryl methyl sites for hydroxylation is 1. The van der Waals surface area contributed by atoms with Crippen molar-refractivity contribution in [2.45, 2.75) is 27.2 Å². The molecular formula is C14H24N2. The van der Waals surface area contributed by atoms with E-state index in [0.29, 0.717) is 0 Å². The summed E-state index contributed by atoms with van der Waals surface area (Å²) in [4.78, 5) is 2.16. The summed E-state index contributed by atoms with van der Waals surface area (Å²) >= 11 is 0. The van der Waals surface area contributed by atoms with Crippen LogP contribution in [0.3, 0.4) is 0 Å². The highest BCUT2D eigenvalue weighted by molar-refractivity contribution is 5.61. The van der Waals surface area contributed by atoms with Gasteiger partial charge < -0.3 is 10.2 Å². The molecular weight excluding hydrogens is 196 g/mol.